The summed E-state index contributed by atoms with van der Waals surface area (Å²) in [5.74, 6) is 1.31. The predicted octanol–water partition coefficient (Wildman–Crippen LogP) is 2.76. The lowest BCUT2D eigenvalue weighted by Crippen LogP contribution is -2.34. The molecule has 1 atom stereocenters. The summed E-state index contributed by atoms with van der Waals surface area (Å²) in [5, 5.41) is 0. The fourth-order valence-electron chi connectivity index (χ4n) is 2.69. The van der Waals surface area contributed by atoms with E-state index in [2.05, 4.69) is 4.98 Å². The highest BCUT2D eigenvalue weighted by Gasteiger charge is 2.28. The monoisotopic (exact) mass is 326 g/mol. The molecule has 1 aliphatic heterocycles. The van der Waals surface area contributed by atoms with Crippen LogP contribution in [0.3, 0.4) is 0 Å². The van der Waals surface area contributed by atoms with Crippen LogP contribution < -0.4 is 9.47 Å². The molecule has 126 valence electrons. The molecule has 1 unspecified atom stereocenters. The average Bonchev–Trinajstić information content (AvgIpc) is 3.03. The first-order valence-corrected chi connectivity index (χ1v) is 8.17. The lowest BCUT2D eigenvalue weighted by Gasteiger charge is -2.17. The summed E-state index contributed by atoms with van der Waals surface area (Å²) in [6, 6.07) is 11.5. The van der Waals surface area contributed by atoms with Gasteiger partial charge in [0.15, 0.2) is 6.61 Å². The minimum atomic E-state index is -0.0144. The minimum Gasteiger partial charge on any atom is -0.484 e. The summed E-state index contributed by atoms with van der Waals surface area (Å²) in [6.07, 6.45) is 2.58. The molecule has 1 amide bonds. The maximum atomic E-state index is 12.3. The Morgan fingerprint density at radius 3 is 2.88 bits per heavy atom. The molecule has 1 aromatic heterocycles. The van der Waals surface area contributed by atoms with Crippen LogP contribution in [0.15, 0.2) is 42.6 Å². The third-order valence-electron chi connectivity index (χ3n) is 4.02. The van der Waals surface area contributed by atoms with Gasteiger partial charge in [-0.15, -0.1) is 0 Å². The second-order valence-corrected chi connectivity index (χ2v) is 6.15. The number of pyridine rings is 1. The second-order valence-electron chi connectivity index (χ2n) is 6.15. The Bertz CT molecular complexity index is 700. The zero-order valence-electron chi connectivity index (χ0n) is 14.1. The van der Waals surface area contributed by atoms with Gasteiger partial charge in [0.25, 0.3) is 5.91 Å². The van der Waals surface area contributed by atoms with Crippen LogP contribution in [0.2, 0.25) is 0 Å². The Morgan fingerprint density at radius 1 is 1.25 bits per heavy atom. The Kier molecular flexibility index (Phi) is 4.99. The summed E-state index contributed by atoms with van der Waals surface area (Å²) >= 11 is 0. The van der Waals surface area contributed by atoms with Gasteiger partial charge in [-0.2, -0.15) is 0 Å². The molecule has 0 N–H and O–H groups in total. The van der Waals surface area contributed by atoms with E-state index in [0.717, 1.165) is 23.3 Å². The Hall–Kier alpha value is -2.56. The fourth-order valence-corrected chi connectivity index (χ4v) is 2.69. The highest BCUT2D eigenvalue weighted by molar-refractivity contribution is 5.78. The number of amides is 1. The Balaban J connectivity index is 1.48. The number of rotatable bonds is 5. The van der Waals surface area contributed by atoms with Gasteiger partial charge in [-0.05, 0) is 37.1 Å². The molecule has 5 nitrogen and oxygen atoms in total. The number of benzene rings is 1. The summed E-state index contributed by atoms with van der Waals surface area (Å²) < 4.78 is 11.4. The maximum absolute atomic E-state index is 12.3. The van der Waals surface area contributed by atoms with Gasteiger partial charge in [0.05, 0.1) is 6.54 Å². The first-order valence-electron chi connectivity index (χ1n) is 8.17. The van der Waals surface area contributed by atoms with Crippen molar-refractivity contribution in [1.29, 1.82) is 0 Å². The Morgan fingerprint density at radius 2 is 2.12 bits per heavy atom. The number of ether oxygens (including phenoxy) is 2. The van der Waals surface area contributed by atoms with E-state index in [4.69, 9.17) is 9.47 Å². The quantitative estimate of drug-likeness (QED) is 0.848. The van der Waals surface area contributed by atoms with Gasteiger partial charge in [0.2, 0.25) is 5.88 Å². The summed E-state index contributed by atoms with van der Waals surface area (Å²) in [5.41, 5.74) is 2.21. The van der Waals surface area contributed by atoms with Crippen molar-refractivity contribution in [3.05, 3.63) is 53.7 Å². The third-order valence-corrected chi connectivity index (χ3v) is 4.02. The number of nitrogens with zero attached hydrogens (tertiary/aromatic N) is 2. The molecule has 0 saturated carbocycles. The first kappa shape index (κ1) is 16.3. The molecule has 0 bridgehead atoms. The third kappa shape index (κ3) is 4.25. The first-order chi connectivity index (χ1) is 11.6. The molecule has 1 aromatic carbocycles. The molecule has 0 radical (unpaired) electrons. The topological polar surface area (TPSA) is 51.7 Å². The van der Waals surface area contributed by atoms with Crippen LogP contribution in [-0.4, -0.2) is 41.6 Å². The lowest BCUT2D eigenvalue weighted by atomic mass is 10.2. The highest BCUT2D eigenvalue weighted by atomic mass is 16.5. The van der Waals surface area contributed by atoms with E-state index in [-0.39, 0.29) is 18.6 Å². The van der Waals surface area contributed by atoms with Gasteiger partial charge in [0.1, 0.15) is 11.9 Å². The number of likely N-dealkylation sites (tertiary alicyclic amines) is 1. The van der Waals surface area contributed by atoms with Crippen LogP contribution in [0.5, 0.6) is 11.6 Å². The van der Waals surface area contributed by atoms with Crippen molar-refractivity contribution in [2.45, 2.75) is 26.4 Å². The molecule has 24 heavy (non-hydrogen) atoms. The van der Waals surface area contributed by atoms with E-state index < -0.39 is 0 Å². The largest absolute Gasteiger partial charge is 0.484 e. The van der Waals surface area contributed by atoms with Crippen LogP contribution in [0, 0.1) is 13.8 Å². The molecule has 0 spiro atoms. The van der Waals surface area contributed by atoms with Crippen LogP contribution in [0.4, 0.5) is 0 Å². The number of hydrogen-bond acceptors (Lipinski definition) is 4. The molecule has 2 heterocycles. The smallest absolute Gasteiger partial charge is 0.260 e. The van der Waals surface area contributed by atoms with Crippen molar-refractivity contribution in [1.82, 2.24) is 9.88 Å². The number of aryl methyl sites for hydroxylation is 2. The van der Waals surface area contributed by atoms with Crippen molar-refractivity contribution in [2.75, 3.05) is 19.7 Å². The van der Waals surface area contributed by atoms with E-state index in [0.29, 0.717) is 19.0 Å². The van der Waals surface area contributed by atoms with Crippen molar-refractivity contribution >= 4 is 5.91 Å². The van der Waals surface area contributed by atoms with Crippen molar-refractivity contribution in [3.8, 4) is 11.6 Å². The molecule has 1 saturated heterocycles. The molecule has 1 fully saturated rings. The standard InChI is InChI=1S/C19H22N2O3/c1-14-4-3-5-16(10-14)23-13-19(22)21-9-8-17(12-21)24-18-7-6-15(2)11-20-18/h3-7,10-11,17H,8-9,12-13H2,1-2H3. The number of aromatic nitrogens is 1. The number of carbonyl (C=O) groups excluding carboxylic acids is 1. The van der Waals surface area contributed by atoms with Crippen LogP contribution >= 0.6 is 0 Å². The summed E-state index contributed by atoms with van der Waals surface area (Å²) in [4.78, 5) is 18.3. The maximum Gasteiger partial charge on any atom is 0.260 e. The minimum absolute atomic E-state index is 0.0110. The van der Waals surface area contributed by atoms with Gasteiger partial charge in [0, 0.05) is 25.2 Å². The molecular formula is C19H22N2O3. The van der Waals surface area contributed by atoms with Crippen molar-refractivity contribution < 1.29 is 14.3 Å². The molecule has 0 aliphatic carbocycles. The second kappa shape index (κ2) is 7.34. The molecule has 2 aromatic rings. The van der Waals surface area contributed by atoms with Crippen LogP contribution in [0.25, 0.3) is 0 Å². The van der Waals surface area contributed by atoms with E-state index in [9.17, 15) is 4.79 Å². The SMILES string of the molecule is Cc1ccc(OC2CCN(C(=O)COc3cccc(C)c3)C2)nc1. The van der Waals surface area contributed by atoms with Gasteiger partial charge >= 0.3 is 0 Å². The molecule has 1 aliphatic rings. The van der Waals surface area contributed by atoms with Crippen molar-refractivity contribution in [3.63, 3.8) is 0 Å². The average molecular weight is 326 g/mol. The van der Waals surface area contributed by atoms with E-state index in [1.165, 1.54) is 0 Å². The molecule has 3 rings (SSSR count). The van der Waals surface area contributed by atoms with Crippen LogP contribution in [0.1, 0.15) is 17.5 Å². The van der Waals surface area contributed by atoms with Gasteiger partial charge < -0.3 is 14.4 Å². The fraction of sp³-hybridized carbons (Fsp3) is 0.368. The zero-order chi connectivity index (χ0) is 16.9. The zero-order valence-corrected chi connectivity index (χ0v) is 14.1. The van der Waals surface area contributed by atoms with Crippen LogP contribution in [-0.2, 0) is 4.79 Å². The van der Waals surface area contributed by atoms with Crippen molar-refractivity contribution in [2.24, 2.45) is 0 Å². The molecular weight excluding hydrogens is 304 g/mol. The van der Waals surface area contributed by atoms with E-state index in [1.807, 2.05) is 50.2 Å². The number of carbonyl (C=O) groups is 1. The Labute approximate surface area is 142 Å². The predicted molar refractivity (Wildman–Crippen MR) is 91.3 cm³/mol. The van der Waals surface area contributed by atoms with E-state index >= 15 is 0 Å². The summed E-state index contributed by atoms with van der Waals surface area (Å²) in [6.45, 7) is 5.30. The summed E-state index contributed by atoms with van der Waals surface area (Å²) in [7, 11) is 0. The highest BCUT2D eigenvalue weighted by Crippen LogP contribution is 2.18. The lowest BCUT2D eigenvalue weighted by molar-refractivity contribution is -0.132. The van der Waals surface area contributed by atoms with Gasteiger partial charge in [-0.25, -0.2) is 4.98 Å². The van der Waals surface area contributed by atoms with E-state index in [1.54, 1.807) is 11.1 Å². The normalized spacial score (nSPS) is 16.9. The number of hydrogen-bond donors (Lipinski definition) is 0. The van der Waals surface area contributed by atoms with Gasteiger partial charge in [-0.1, -0.05) is 18.2 Å². The van der Waals surface area contributed by atoms with Gasteiger partial charge in [-0.3, -0.25) is 4.79 Å². The molecule has 5 heteroatoms.